The molecule has 0 spiro atoms. The van der Waals surface area contributed by atoms with E-state index in [0.717, 1.165) is 18.2 Å². The first-order valence-corrected chi connectivity index (χ1v) is 10.1. The maximum absolute atomic E-state index is 15.5. The van der Waals surface area contributed by atoms with Crippen molar-refractivity contribution in [2.75, 3.05) is 18.1 Å². The number of aliphatic hydroxyl groups is 1. The van der Waals surface area contributed by atoms with Crippen LogP contribution in [0.2, 0.25) is 0 Å². The predicted octanol–water partition coefficient (Wildman–Crippen LogP) is 4.48. The summed E-state index contributed by atoms with van der Waals surface area (Å²) < 4.78 is 53.8. The van der Waals surface area contributed by atoms with Gasteiger partial charge in [0.15, 0.2) is 23.0 Å². The minimum atomic E-state index is -0.934. The number of benzene rings is 2. The van der Waals surface area contributed by atoms with Crippen molar-refractivity contribution in [1.82, 2.24) is 20.2 Å². The summed E-state index contributed by atoms with van der Waals surface area (Å²) in [7, 11) is 0. The smallest absolute Gasteiger partial charge is 0.168 e. The van der Waals surface area contributed by atoms with E-state index in [2.05, 4.69) is 20.2 Å². The van der Waals surface area contributed by atoms with Crippen LogP contribution in [0.5, 0.6) is 17.2 Å². The molecule has 2 N–H and O–H groups in total. The summed E-state index contributed by atoms with van der Waals surface area (Å²) in [5.74, 6) is -2.42. The van der Waals surface area contributed by atoms with E-state index in [1.54, 1.807) is 13.8 Å². The fraction of sp³-hybridized carbons (Fsp3) is 0.227. The fourth-order valence-corrected chi connectivity index (χ4v) is 3.34. The van der Waals surface area contributed by atoms with Gasteiger partial charge in [-0.2, -0.15) is 5.10 Å². The third-order valence-electron chi connectivity index (χ3n) is 4.62. The summed E-state index contributed by atoms with van der Waals surface area (Å²) in [6.07, 6.45) is 1.92. The van der Waals surface area contributed by atoms with Gasteiger partial charge >= 0.3 is 0 Å². The lowest BCUT2D eigenvalue weighted by Crippen LogP contribution is -2.29. The maximum Gasteiger partial charge on any atom is 0.168 e. The molecule has 2 aromatic heterocycles. The number of hydrogen-bond donors (Lipinski definition) is 2. The number of aliphatic hydroxyl groups excluding tert-OH is 1. The van der Waals surface area contributed by atoms with Crippen LogP contribution in [-0.2, 0) is 0 Å². The van der Waals surface area contributed by atoms with E-state index in [0.29, 0.717) is 22.9 Å². The van der Waals surface area contributed by atoms with E-state index < -0.39 is 23.6 Å². The van der Waals surface area contributed by atoms with Crippen LogP contribution >= 0.6 is 0 Å². The highest BCUT2D eigenvalue weighted by Crippen LogP contribution is 2.41. The second-order valence-electron chi connectivity index (χ2n) is 7.15. The molecule has 2 heterocycles. The zero-order valence-corrected chi connectivity index (χ0v) is 17.7. The van der Waals surface area contributed by atoms with Crippen molar-refractivity contribution in [2.24, 2.45) is 0 Å². The van der Waals surface area contributed by atoms with E-state index in [4.69, 9.17) is 9.47 Å². The third-order valence-corrected chi connectivity index (χ3v) is 4.62. The van der Waals surface area contributed by atoms with Crippen LogP contribution in [0, 0.1) is 17.5 Å². The first kappa shape index (κ1) is 22.3. The summed E-state index contributed by atoms with van der Waals surface area (Å²) in [6, 6.07) is 5.23. The Labute approximate surface area is 186 Å². The van der Waals surface area contributed by atoms with Crippen LogP contribution in [0.4, 0.5) is 24.7 Å². The van der Waals surface area contributed by atoms with E-state index in [1.807, 2.05) is 0 Å². The van der Waals surface area contributed by atoms with Crippen LogP contribution < -0.4 is 14.4 Å². The monoisotopic (exact) mass is 459 g/mol. The standard InChI is InChI=1S/C22H20F3N5O3/c1-3-32-19-8-14(33-18-5-4-13(23)6-16(18)24)7-17(25)20(19)30(10-12(2)31)22-15-9-28-29-21(15)26-11-27-22/h4-9,11-12,31H,3,10H2,1-2H3,(H,26,27,28,29). The lowest BCUT2D eigenvalue weighted by atomic mass is 10.2. The number of halogens is 3. The number of nitrogens with zero attached hydrogens (tertiary/aromatic N) is 4. The van der Waals surface area contributed by atoms with Crippen molar-refractivity contribution >= 4 is 22.5 Å². The van der Waals surface area contributed by atoms with Gasteiger partial charge in [-0.05, 0) is 26.0 Å². The highest BCUT2D eigenvalue weighted by Gasteiger charge is 2.25. The molecule has 11 heteroatoms. The fourth-order valence-electron chi connectivity index (χ4n) is 3.34. The molecule has 0 saturated carbocycles. The molecule has 4 rings (SSSR count). The van der Waals surface area contributed by atoms with Gasteiger partial charge in [-0.25, -0.2) is 23.1 Å². The van der Waals surface area contributed by atoms with Gasteiger partial charge in [0.2, 0.25) is 0 Å². The first-order valence-electron chi connectivity index (χ1n) is 10.1. The summed E-state index contributed by atoms with van der Waals surface area (Å²) in [6.45, 7) is 3.43. The largest absolute Gasteiger partial charge is 0.491 e. The molecule has 0 fully saturated rings. The van der Waals surface area contributed by atoms with Crippen LogP contribution in [0.25, 0.3) is 11.0 Å². The molecule has 0 bridgehead atoms. The van der Waals surface area contributed by atoms with Crippen LogP contribution in [-0.4, -0.2) is 44.5 Å². The van der Waals surface area contributed by atoms with Gasteiger partial charge < -0.3 is 19.5 Å². The van der Waals surface area contributed by atoms with Gasteiger partial charge in [-0.1, -0.05) is 0 Å². The Hall–Kier alpha value is -3.86. The van der Waals surface area contributed by atoms with Gasteiger partial charge in [-0.15, -0.1) is 0 Å². The molecule has 1 unspecified atom stereocenters. The molecule has 0 aliphatic carbocycles. The van der Waals surface area contributed by atoms with Crippen molar-refractivity contribution < 1.29 is 27.8 Å². The molecule has 1 atom stereocenters. The lowest BCUT2D eigenvalue weighted by molar-refractivity contribution is 0.202. The van der Waals surface area contributed by atoms with Crippen LogP contribution in [0.15, 0.2) is 42.9 Å². The number of aromatic amines is 1. The maximum atomic E-state index is 15.5. The quantitative estimate of drug-likeness (QED) is 0.401. The topological polar surface area (TPSA) is 96.4 Å². The summed E-state index contributed by atoms with van der Waals surface area (Å²) >= 11 is 0. The molecule has 0 aliphatic heterocycles. The number of H-pyrrole nitrogens is 1. The Morgan fingerprint density at radius 3 is 2.64 bits per heavy atom. The zero-order valence-electron chi connectivity index (χ0n) is 17.7. The van der Waals surface area contributed by atoms with Gasteiger partial charge in [-0.3, -0.25) is 5.10 Å². The number of anilines is 2. The predicted molar refractivity (Wildman–Crippen MR) is 114 cm³/mol. The van der Waals surface area contributed by atoms with Gasteiger partial charge in [0.05, 0.1) is 30.8 Å². The Kier molecular flexibility index (Phi) is 6.31. The number of hydrogen-bond acceptors (Lipinski definition) is 7. The molecular weight excluding hydrogens is 439 g/mol. The average Bonchev–Trinajstić information content (AvgIpc) is 3.24. The molecule has 0 amide bonds. The molecule has 2 aromatic carbocycles. The van der Waals surface area contributed by atoms with Gasteiger partial charge in [0, 0.05) is 18.2 Å². The number of ether oxygens (including phenoxy) is 2. The molecule has 33 heavy (non-hydrogen) atoms. The Bertz CT molecular complexity index is 1280. The molecule has 0 aliphatic rings. The number of fused-ring (bicyclic) bond motifs is 1. The molecule has 4 aromatic rings. The van der Waals surface area contributed by atoms with E-state index in [1.165, 1.54) is 23.5 Å². The Morgan fingerprint density at radius 1 is 1.09 bits per heavy atom. The molecule has 0 saturated heterocycles. The van der Waals surface area contributed by atoms with Crippen molar-refractivity contribution in [3.63, 3.8) is 0 Å². The first-order chi connectivity index (χ1) is 15.9. The van der Waals surface area contributed by atoms with Crippen molar-refractivity contribution in [1.29, 1.82) is 0 Å². The van der Waals surface area contributed by atoms with Crippen molar-refractivity contribution in [3.05, 3.63) is 60.3 Å². The van der Waals surface area contributed by atoms with Crippen molar-refractivity contribution in [2.45, 2.75) is 20.0 Å². The summed E-state index contributed by atoms with van der Waals surface area (Å²) in [5.41, 5.74) is 0.423. The Morgan fingerprint density at radius 2 is 1.91 bits per heavy atom. The lowest BCUT2D eigenvalue weighted by Gasteiger charge is -2.28. The zero-order chi connectivity index (χ0) is 23.5. The minimum Gasteiger partial charge on any atom is -0.491 e. The summed E-state index contributed by atoms with van der Waals surface area (Å²) in [4.78, 5) is 9.81. The van der Waals surface area contributed by atoms with Crippen molar-refractivity contribution in [3.8, 4) is 17.2 Å². The van der Waals surface area contributed by atoms with Gasteiger partial charge in [0.25, 0.3) is 0 Å². The third kappa shape index (κ3) is 4.67. The second-order valence-corrected chi connectivity index (χ2v) is 7.15. The molecule has 0 radical (unpaired) electrons. The molecular formula is C22H20F3N5O3. The SMILES string of the molecule is CCOc1cc(Oc2ccc(F)cc2F)cc(F)c1N(CC(C)O)c1ncnc2[nH]ncc12. The molecule has 8 nitrogen and oxygen atoms in total. The van der Waals surface area contributed by atoms with E-state index >= 15 is 4.39 Å². The highest BCUT2D eigenvalue weighted by atomic mass is 19.1. The number of aromatic nitrogens is 4. The van der Waals surface area contributed by atoms with Crippen LogP contribution in [0.3, 0.4) is 0 Å². The Balaban J connectivity index is 1.82. The number of nitrogens with one attached hydrogen (secondary N) is 1. The summed E-state index contributed by atoms with van der Waals surface area (Å²) in [5, 5.41) is 17.3. The molecule has 172 valence electrons. The highest BCUT2D eigenvalue weighted by molar-refractivity contribution is 5.89. The normalized spacial score (nSPS) is 12.1. The van der Waals surface area contributed by atoms with Crippen LogP contribution in [0.1, 0.15) is 13.8 Å². The average molecular weight is 459 g/mol. The van der Waals surface area contributed by atoms with E-state index in [9.17, 15) is 13.9 Å². The number of rotatable bonds is 8. The second kappa shape index (κ2) is 9.33. The minimum absolute atomic E-state index is 0.00845. The van der Waals surface area contributed by atoms with E-state index in [-0.39, 0.29) is 36.1 Å². The van der Waals surface area contributed by atoms with Gasteiger partial charge in [0.1, 0.15) is 35.1 Å².